The Balaban J connectivity index is 2.84. The average molecular weight is 264 g/mol. The summed E-state index contributed by atoms with van der Waals surface area (Å²) in [7, 11) is 6.16. The second-order valence-electron chi connectivity index (χ2n) is 5.78. The molecule has 0 spiro atoms. The maximum Gasteiger partial charge on any atom is 0.124 e. The summed E-state index contributed by atoms with van der Waals surface area (Å²) in [5, 5.41) is 3.34. The summed E-state index contributed by atoms with van der Waals surface area (Å²) < 4.78 is 6.07. The first-order chi connectivity index (χ1) is 8.92. The molecule has 0 bridgehead atoms. The maximum absolute atomic E-state index is 6.07. The van der Waals surface area contributed by atoms with Crippen LogP contribution in [0.4, 0.5) is 0 Å². The van der Waals surface area contributed by atoms with Crippen LogP contribution in [-0.2, 0) is 0 Å². The van der Waals surface area contributed by atoms with Crippen LogP contribution in [0.3, 0.4) is 0 Å². The van der Waals surface area contributed by atoms with Gasteiger partial charge in [-0.05, 0) is 47.5 Å². The van der Waals surface area contributed by atoms with Crippen LogP contribution in [-0.4, -0.2) is 38.2 Å². The van der Waals surface area contributed by atoms with Gasteiger partial charge in [-0.3, -0.25) is 0 Å². The van der Waals surface area contributed by atoms with Crippen LogP contribution in [0.5, 0.6) is 5.75 Å². The fraction of sp³-hybridized carbons (Fsp3) is 0.625. The Kier molecular flexibility index (Phi) is 5.83. The Hall–Kier alpha value is -1.06. The molecule has 3 nitrogen and oxygen atoms in total. The quantitative estimate of drug-likeness (QED) is 0.819. The molecule has 0 saturated carbocycles. The second-order valence-corrected chi connectivity index (χ2v) is 5.78. The molecule has 0 fully saturated rings. The minimum absolute atomic E-state index is 0.0223. The van der Waals surface area contributed by atoms with Crippen molar-refractivity contribution in [2.24, 2.45) is 0 Å². The Morgan fingerprint density at radius 2 is 1.89 bits per heavy atom. The lowest BCUT2D eigenvalue weighted by molar-refractivity contribution is 0.113. The average Bonchev–Trinajstić information content (AvgIpc) is 2.39. The molecule has 19 heavy (non-hydrogen) atoms. The van der Waals surface area contributed by atoms with E-state index in [0.29, 0.717) is 12.6 Å². The van der Waals surface area contributed by atoms with E-state index in [1.54, 1.807) is 0 Å². The predicted molar refractivity (Wildman–Crippen MR) is 81.8 cm³/mol. The van der Waals surface area contributed by atoms with E-state index in [9.17, 15) is 0 Å². The van der Waals surface area contributed by atoms with Gasteiger partial charge in [-0.15, -0.1) is 0 Å². The molecule has 1 atom stereocenters. The summed E-state index contributed by atoms with van der Waals surface area (Å²) in [5.41, 5.74) is 1.26. The van der Waals surface area contributed by atoms with E-state index >= 15 is 0 Å². The summed E-state index contributed by atoms with van der Waals surface area (Å²) in [6.07, 6.45) is 1.05. The number of nitrogens with zero attached hydrogens (tertiary/aromatic N) is 1. The first kappa shape index (κ1) is 16.0. The van der Waals surface area contributed by atoms with Crippen molar-refractivity contribution >= 4 is 0 Å². The minimum atomic E-state index is 0.0223. The van der Waals surface area contributed by atoms with Gasteiger partial charge in [0.1, 0.15) is 12.4 Å². The number of rotatable bonds is 7. The van der Waals surface area contributed by atoms with Crippen LogP contribution in [0, 0.1) is 0 Å². The molecule has 1 N–H and O–H groups in total. The molecule has 0 amide bonds. The molecule has 1 unspecified atom stereocenters. The Morgan fingerprint density at radius 1 is 1.26 bits per heavy atom. The molecule has 0 aromatic heterocycles. The molecule has 0 saturated heterocycles. The van der Waals surface area contributed by atoms with Crippen LogP contribution in [0.25, 0.3) is 0 Å². The zero-order valence-corrected chi connectivity index (χ0v) is 13.2. The van der Waals surface area contributed by atoms with Gasteiger partial charge < -0.3 is 15.0 Å². The van der Waals surface area contributed by atoms with Gasteiger partial charge in [-0.2, -0.15) is 0 Å². The summed E-state index contributed by atoms with van der Waals surface area (Å²) in [5.74, 6) is 0.985. The van der Waals surface area contributed by atoms with Crippen molar-refractivity contribution in [2.45, 2.75) is 38.8 Å². The standard InChI is InChI=1S/C16H28N2O/c1-7-14(17-4)13-10-8-9-11-15(13)19-12-16(2,3)18(5)6/h8-11,14,17H,7,12H2,1-6H3. The molecule has 3 heteroatoms. The zero-order valence-electron chi connectivity index (χ0n) is 13.2. The van der Waals surface area contributed by atoms with Gasteiger partial charge in [0.25, 0.3) is 0 Å². The van der Waals surface area contributed by atoms with Crippen LogP contribution in [0.15, 0.2) is 24.3 Å². The van der Waals surface area contributed by atoms with Gasteiger partial charge in [0.15, 0.2) is 0 Å². The van der Waals surface area contributed by atoms with Crippen molar-refractivity contribution in [3.63, 3.8) is 0 Å². The van der Waals surface area contributed by atoms with Crippen LogP contribution >= 0.6 is 0 Å². The summed E-state index contributed by atoms with van der Waals surface area (Å²) >= 11 is 0. The predicted octanol–water partition coefficient (Wildman–Crippen LogP) is 3.08. The van der Waals surface area contributed by atoms with Crippen molar-refractivity contribution in [3.8, 4) is 5.75 Å². The highest BCUT2D eigenvalue weighted by molar-refractivity contribution is 5.36. The Bertz CT molecular complexity index is 384. The number of para-hydroxylation sites is 1. The first-order valence-electron chi connectivity index (χ1n) is 6.98. The van der Waals surface area contributed by atoms with Crippen molar-refractivity contribution in [1.29, 1.82) is 0 Å². The van der Waals surface area contributed by atoms with Crippen molar-refractivity contribution in [2.75, 3.05) is 27.7 Å². The monoisotopic (exact) mass is 264 g/mol. The highest BCUT2D eigenvalue weighted by atomic mass is 16.5. The van der Waals surface area contributed by atoms with Crippen molar-refractivity contribution in [3.05, 3.63) is 29.8 Å². The van der Waals surface area contributed by atoms with E-state index in [1.165, 1.54) is 5.56 Å². The molecule has 0 aliphatic heterocycles. The van der Waals surface area contributed by atoms with Gasteiger partial charge in [0, 0.05) is 17.1 Å². The molecular weight excluding hydrogens is 236 g/mol. The molecule has 0 heterocycles. The van der Waals surface area contributed by atoms with Gasteiger partial charge >= 0.3 is 0 Å². The SMILES string of the molecule is CCC(NC)c1ccccc1OCC(C)(C)N(C)C. The lowest BCUT2D eigenvalue weighted by Gasteiger charge is -2.32. The van der Waals surface area contributed by atoms with E-state index in [0.717, 1.165) is 12.2 Å². The topological polar surface area (TPSA) is 24.5 Å². The molecule has 1 rings (SSSR count). The molecule has 0 radical (unpaired) electrons. The lowest BCUT2D eigenvalue weighted by Crippen LogP contribution is -2.43. The van der Waals surface area contributed by atoms with Crippen LogP contribution in [0.2, 0.25) is 0 Å². The van der Waals surface area contributed by atoms with E-state index < -0.39 is 0 Å². The van der Waals surface area contributed by atoms with Gasteiger partial charge in [-0.1, -0.05) is 25.1 Å². The number of hydrogen-bond donors (Lipinski definition) is 1. The lowest BCUT2D eigenvalue weighted by atomic mass is 10.0. The van der Waals surface area contributed by atoms with Gasteiger partial charge in [-0.25, -0.2) is 0 Å². The van der Waals surface area contributed by atoms with Gasteiger partial charge in [0.05, 0.1) is 0 Å². The third kappa shape index (κ3) is 4.22. The molecule has 1 aromatic rings. The molecule has 108 valence electrons. The van der Waals surface area contributed by atoms with Crippen molar-refractivity contribution < 1.29 is 4.74 Å². The normalized spacial score (nSPS) is 13.6. The highest BCUT2D eigenvalue weighted by Gasteiger charge is 2.22. The Morgan fingerprint density at radius 3 is 2.42 bits per heavy atom. The smallest absolute Gasteiger partial charge is 0.124 e. The number of likely N-dealkylation sites (N-methyl/N-ethyl adjacent to an activating group) is 1. The third-order valence-electron chi connectivity index (χ3n) is 3.84. The fourth-order valence-corrected chi connectivity index (χ4v) is 1.86. The number of hydrogen-bond acceptors (Lipinski definition) is 3. The number of ether oxygens (including phenoxy) is 1. The number of nitrogens with one attached hydrogen (secondary N) is 1. The number of benzene rings is 1. The third-order valence-corrected chi connectivity index (χ3v) is 3.84. The second kappa shape index (κ2) is 6.92. The molecule has 0 aliphatic carbocycles. The zero-order chi connectivity index (χ0) is 14.5. The van der Waals surface area contributed by atoms with Crippen LogP contribution in [0.1, 0.15) is 38.8 Å². The van der Waals surface area contributed by atoms with E-state index in [-0.39, 0.29) is 5.54 Å². The van der Waals surface area contributed by atoms with E-state index in [2.05, 4.69) is 63.3 Å². The molecule has 0 aliphatic rings. The fourth-order valence-electron chi connectivity index (χ4n) is 1.86. The van der Waals surface area contributed by atoms with Crippen molar-refractivity contribution in [1.82, 2.24) is 10.2 Å². The first-order valence-corrected chi connectivity index (χ1v) is 6.98. The Labute approximate surface area is 118 Å². The summed E-state index contributed by atoms with van der Waals surface area (Å²) in [4.78, 5) is 2.19. The van der Waals surface area contributed by atoms with E-state index in [4.69, 9.17) is 4.74 Å². The molecular formula is C16H28N2O. The highest BCUT2D eigenvalue weighted by Crippen LogP contribution is 2.27. The van der Waals surface area contributed by atoms with Crippen LogP contribution < -0.4 is 10.1 Å². The molecule has 1 aromatic carbocycles. The minimum Gasteiger partial charge on any atom is -0.491 e. The summed E-state index contributed by atoms with van der Waals surface area (Å²) in [6.45, 7) is 7.23. The van der Waals surface area contributed by atoms with E-state index in [1.807, 2.05) is 13.1 Å². The summed E-state index contributed by atoms with van der Waals surface area (Å²) in [6, 6.07) is 8.64. The maximum atomic E-state index is 6.07. The van der Waals surface area contributed by atoms with Gasteiger partial charge in [0.2, 0.25) is 0 Å². The largest absolute Gasteiger partial charge is 0.491 e.